The van der Waals surface area contributed by atoms with Crippen molar-refractivity contribution in [3.8, 4) is 23.0 Å². The van der Waals surface area contributed by atoms with E-state index in [1.165, 1.54) is 18.2 Å². The molecule has 1 aromatic heterocycles. The van der Waals surface area contributed by atoms with Crippen molar-refractivity contribution in [2.75, 3.05) is 32.1 Å². The van der Waals surface area contributed by atoms with Gasteiger partial charge >= 0.3 is 0 Å². The Hall–Kier alpha value is -2.22. The summed E-state index contributed by atoms with van der Waals surface area (Å²) in [7, 11) is 0. The Morgan fingerprint density at radius 3 is 2.67 bits per heavy atom. The lowest BCUT2D eigenvalue weighted by Crippen LogP contribution is -2.43. The monoisotopic (exact) mass is 389 g/mol. The van der Waals surface area contributed by atoms with E-state index in [0.717, 1.165) is 24.4 Å². The first kappa shape index (κ1) is 18.2. The van der Waals surface area contributed by atoms with Gasteiger partial charge in [0.05, 0.1) is 5.75 Å². The summed E-state index contributed by atoms with van der Waals surface area (Å²) < 4.78 is 16.8. The van der Waals surface area contributed by atoms with E-state index >= 15 is 0 Å². The molecule has 1 amide bonds. The number of piperidine rings is 1. The summed E-state index contributed by atoms with van der Waals surface area (Å²) in [4.78, 5) is 14.4. The normalized spacial score (nSPS) is 21.9. The number of hydrogen-bond donors (Lipinski definition) is 0. The van der Waals surface area contributed by atoms with Crippen LogP contribution in [-0.2, 0) is 4.79 Å². The van der Waals surface area contributed by atoms with Crippen LogP contribution in [-0.4, -0.2) is 53.1 Å². The van der Waals surface area contributed by atoms with Gasteiger partial charge in [-0.2, -0.15) is 0 Å². The zero-order valence-corrected chi connectivity index (χ0v) is 16.3. The quantitative estimate of drug-likeness (QED) is 0.744. The number of benzene rings is 1. The number of rotatable bonds is 4. The summed E-state index contributed by atoms with van der Waals surface area (Å²) >= 11 is 1.28. The lowest BCUT2D eigenvalue weighted by Gasteiger charge is -2.34. The van der Waals surface area contributed by atoms with Crippen LogP contribution in [0.15, 0.2) is 27.8 Å². The van der Waals surface area contributed by atoms with E-state index in [1.807, 2.05) is 23.1 Å². The predicted octanol–water partition coefficient (Wildman–Crippen LogP) is 3.10. The molecule has 2 aliphatic heterocycles. The Bertz CT molecular complexity index is 815. The topological polar surface area (TPSA) is 77.7 Å². The standard InChI is InChI=1S/C19H23N3O4S/c1-12-7-13(2)10-22(9-12)17(23)11-27-19-21-20-18(26-19)14-3-4-15-16(8-14)25-6-5-24-15/h3-4,8,12-13H,5-7,9-11H2,1-2H3/t12-,13-/m1/s1. The molecule has 4 rings (SSSR count). The second-order valence-electron chi connectivity index (χ2n) is 7.27. The lowest BCUT2D eigenvalue weighted by atomic mass is 9.92. The van der Waals surface area contributed by atoms with Crippen molar-refractivity contribution in [1.82, 2.24) is 15.1 Å². The van der Waals surface area contributed by atoms with Crippen LogP contribution in [0.4, 0.5) is 0 Å². The van der Waals surface area contributed by atoms with Gasteiger partial charge in [-0.15, -0.1) is 10.2 Å². The highest BCUT2D eigenvalue weighted by molar-refractivity contribution is 7.99. The molecule has 1 fully saturated rings. The number of nitrogens with zero attached hydrogens (tertiary/aromatic N) is 3. The van der Waals surface area contributed by atoms with Crippen molar-refractivity contribution in [3.05, 3.63) is 18.2 Å². The maximum absolute atomic E-state index is 12.5. The van der Waals surface area contributed by atoms with E-state index in [-0.39, 0.29) is 5.91 Å². The molecule has 0 radical (unpaired) electrons. The molecule has 1 aromatic carbocycles. The SMILES string of the molecule is C[C@@H]1C[C@@H](C)CN(C(=O)CSc2nnc(-c3ccc4c(c3)OCCO4)o2)C1. The summed E-state index contributed by atoms with van der Waals surface area (Å²) in [6.07, 6.45) is 1.18. The summed E-state index contributed by atoms with van der Waals surface area (Å²) in [5, 5.41) is 8.54. The molecule has 0 aliphatic carbocycles. The van der Waals surface area contributed by atoms with Gasteiger partial charge in [-0.1, -0.05) is 25.6 Å². The fourth-order valence-corrected chi connectivity index (χ4v) is 4.31. The van der Waals surface area contributed by atoms with Crippen molar-refractivity contribution in [2.24, 2.45) is 11.8 Å². The number of fused-ring (bicyclic) bond motifs is 1. The van der Waals surface area contributed by atoms with E-state index in [4.69, 9.17) is 13.9 Å². The molecule has 3 heterocycles. The first-order valence-electron chi connectivity index (χ1n) is 9.22. The number of ether oxygens (including phenoxy) is 2. The van der Waals surface area contributed by atoms with Crippen molar-refractivity contribution in [3.63, 3.8) is 0 Å². The number of carbonyl (C=O) groups is 1. The number of aromatic nitrogens is 2. The van der Waals surface area contributed by atoms with Crippen LogP contribution in [0, 0.1) is 11.8 Å². The molecule has 2 aromatic rings. The van der Waals surface area contributed by atoms with Crippen molar-refractivity contribution in [1.29, 1.82) is 0 Å². The van der Waals surface area contributed by atoms with Crippen molar-refractivity contribution >= 4 is 17.7 Å². The zero-order chi connectivity index (χ0) is 18.8. The molecular weight excluding hydrogens is 366 g/mol. The molecule has 0 spiro atoms. The summed E-state index contributed by atoms with van der Waals surface area (Å²) in [5.74, 6) is 3.33. The van der Waals surface area contributed by atoms with Gasteiger partial charge in [0.25, 0.3) is 5.22 Å². The Labute approximate surface area is 162 Å². The van der Waals surface area contributed by atoms with Gasteiger partial charge in [0.15, 0.2) is 11.5 Å². The average molecular weight is 389 g/mol. The smallest absolute Gasteiger partial charge is 0.277 e. The minimum atomic E-state index is 0.123. The van der Waals surface area contributed by atoms with Crippen LogP contribution in [0.2, 0.25) is 0 Å². The van der Waals surface area contributed by atoms with Crippen LogP contribution in [0.1, 0.15) is 20.3 Å². The highest BCUT2D eigenvalue weighted by atomic mass is 32.2. The highest BCUT2D eigenvalue weighted by Crippen LogP contribution is 2.34. The van der Waals surface area contributed by atoms with E-state index in [0.29, 0.717) is 47.7 Å². The molecule has 0 unspecified atom stereocenters. The minimum Gasteiger partial charge on any atom is -0.486 e. The Morgan fingerprint density at radius 1 is 1.15 bits per heavy atom. The van der Waals surface area contributed by atoms with Gasteiger partial charge < -0.3 is 18.8 Å². The number of likely N-dealkylation sites (tertiary alicyclic amines) is 1. The van der Waals surface area contributed by atoms with E-state index < -0.39 is 0 Å². The molecule has 8 heteroatoms. The molecular formula is C19H23N3O4S. The van der Waals surface area contributed by atoms with Crippen molar-refractivity contribution in [2.45, 2.75) is 25.5 Å². The maximum Gasteiger partial charge on any atom is 0.277 e. The number of amides is 1. The molecule has 27 heavy (non-hydrogen) atoms. The molecule has 0 bridgehead atoms. The molecule has 7 nitrogen and oxygen atoms in total. The summed E-state index contributed by atoms with van der Waals surface area (Å²) in [6.45, 7) is 7.13. The van der Waals surface area contributed by atoms with Crippen LogP contribution in [0.25, 0.3) is 11.5 Å². The fourth-order valence-electron chi connectivity index (χ4n) is 3.64. The number of hydrogen-bond acceptors (Lipinski definition) is 7. The predicted molar refractivity (Wildman–Crippen MR) is 101 cm³/mol. The van der Waals surface area contributed by atoms with Gasteiger partial charge in [0.2, 0.25) is 11.8 Å². The third-order valence-electron chi connectivity index (χ3n) is 4.74. The molecule has 1 saturated heterocycles. The van der Waals surface area contributed by atoms with Crippen LogP contribution in [0.5, 0.6) is 11.5 Å². The van der Waals surface area contributed by atoms with Crippen LogP contribution in [0.3, 0.4) is 0 Å². The summed E-state index contributed by atoms with van der Waals surface area (Å²) in [5.41, 5.74) is 0.767. The minimum absolute atomic E-state index is 0.123. The van der Waals surface area contributed by atoms with Gasteiger partial charge in [-0.05, 0) is 36.5 Å². The average Bonchev–Trinajstić information content (AvgIpc) is 3.14. The first-order valence-corrected chi connectivity index (χ1v) is 10.2. The Kier molecular flexibility index (Phi) is 5.24. The molecule has 2 atom stereocenters. The van der Waals surface area contributed by atoms with Gasteiger partial charge in [-0.25, -0.2) is 0 Å². The second kappa shape index (κ2) is 7.80. The van der Waals surface area contributed by atoms with E-state index in [2.05, 4.69) is 24.0 Å². The number of carbonyl (C=O) groups excluding carboxylic acids is 1. The molecule has 0 saturated carbocycles. The third-order valence-corrected chi connectivity index (χ3v) is 5.54. The lowest BCUT2D eigenvalue weighted by molar-refractivity contribution is -0.130. The molecule has 144 valence electrons. The van der Waals surface area contributed by atoms with Gasteiger partial charge in [0, 0.05) is 18.7 Å². The zero-order valence-electron chi connectivity index (χ0n) is 15.5. The van der Waals surface area contributed by atoms with E-state index in [9.17, 15) is 4.79 Å². The summed E-state index contributed by atoms with van der Waals surface area (Å²) in [6, 6.07) is 5.53. The van der Waals surface area contributed by atoms with Crippen molar-refractivity contribution < 1.29 is 18.7 Å². The Morgan fingerprint density at radius 2 is 1.89 bits per heavy atom. The van der Waals surface area contributed by atoms with Gasteiger partial charge in [-0.3, -0.25) is 4.79 Å². The fraction of sp³-hybridized carbons (Fsp3) is 0.526. The molecule has 2 aliphatic rings. The highest BCUT2D eigenvalue weighted by Gasteiger charge is 2.25. The number of thioether (sulfide) groups is 1. The third kappa shape index (κ3) is 4.21. The van der Waals surface area contributed by atoms with Crippen LogP contribution >= 0.6 is 11.8 Å². The molecule has 0 N–H and O–H groups in total. The second-order valence-corrected chi connectivity index (χ2v) is 8.19. The largest absolute Gasteiger partial charge is 0.486 e. The Balaban J connectivity index is 1.38. The van der Waals surface area contributed by atoms with Crippen LogP contribution < -0.4 is 9.47 Å². The van der Waals surface area contributed by atoms with E-state index in [1.54, 1.807) is 0 Å². The first-order chi connectivity index (χ1) is 13.1. The van der Waals surface area contributed by atoms with Gasteiger partial charge in [0.1, 0.15) is 13.2 Å². The maximum atomic E-state index is 12.5.